The number of amides is 1. The van der Waals surface area contributed by atoms with Crippen LogP contribution < -0.4 is 10.6 Å². The van der Waals surface area contributed by atoms with E-state index in [9.17, 15) is 9.59 Å². The number of carbonyl (C=O) groups excluding carboxylic acids is 1. The summed E-state index contributed by atoms with van der Waals surface area (Å²) in [6.07, 6.45) is 0. The van der Waals surface area contributed by atoms with Crippen LogP contribution in [-0.2, 0) is 16.1 Å². The number of piperazine rings is 1. The average molecular weight is 468 g/mol. The van der Waals surface area contributed by atoms with Crippen molar-refractivity contribution in [3.63, 3.8) is 0 Å². The number of hydrogen-bond donors (Lipinski definition) is 3. The SMILES string of the molecule is COCCNC(=O)CN1CCN(C(=NCc2ccc(C)cc2)Nc2ccc(C(=O)O)cc2)CC1. The van der Waals surface area contributed by atoms with Gasteiger partial charge >= 0.3 is 5.97 Å². The van der Waals surface area contributed by atoms with E-state index in [1.165, 1.54) is 5.56 Å². The monoisotopic (exact) mass is 467 g/mol. The van der Waals surface area contributed by atoms with Gasteiger partial charge < -0.3 is 25.4 Å². The summed E-state index contributed by atoms with van der Waals surface area (Å²) in [4.78, 5) is 32.4. The number of ether oxygens (including phenoxy) is 1. The molecule has 1 saturated heterocycles. The van der Waals surface area contributed by atoms with Crippen LogP contribution in [-0.4, -0.2) is 85.7 Å². The standard InChI is InChI=1S/C25H33N5O4/c1-19-3-5-20(6-4-19)17-27-25(28-22-9-7-21(8-10-22)24(32)33)30-14-12-29(13-15-30)18-23(31)26-11-16-34-2/h3-10H,11-18H2,1-2H3,(H,26,31)(H,27,28)(H,32,33). The molecular weight excluding hydrogens is 434 g/mol. The molecule has 0 radical (unpaired) electrons. The molecule has 2 aromatic carbocycles. The Morgan fingerprint density at radius 1 is 1.03 bits per heavy atom. The molecule has 0 aliphatic carbocycles. The first-order valence-electron chi connectivity index (χ1n) is 11.4. The highest BCUT2D eigenvalue weighted by molar-refractivity contribution is 5.94. The molecule has 9 nitrogen and oxygen atoms in total. The van der Waals surface area contributed by atoms with Gasteiger partial charge in [0.2, 0.25) is 5.91 Å². The fourth-order valence-electron chi connectivity index (χ4n) is 3.57. The van der Waals surface area contributed by atoms with E-state index >= 15 is 0 Å². The van der Waals surface area contributed by atoms with Crippen molar-refractivity contribution in [1.82, 2.24) is 15.1 Å². The number of aromatic carboxylic acids is 1. The normalized spacial score (nSPS) is 14.6. The highest BCUT2D eigenvalue weighted by Crippen LogP contribution is 2.13. The summed E-state index contributed by atoms with van der Waals surface area (Å²) in [5.74, 6) is -0.231. The van der Waals surface area contributed by atoms with Crippen LogP contribution in [0, 0.1) is 6.92 Å². The summed E-state index contributed by atoms with van der Waals surface area (Å²) in [5, 5.41) is 15.4. The summed E-state index contributed by atoms with van der Waals surface area (Å²) in [5.41, 5.74) is 3.32. The molecular formula is C25H33N5O4. The van der Waals surface area contributed by atoms with Crippen molar-refractivity contribution >= 4 is 23.5 Å². The van der Waals surface area contributed by atoms with Gasteiger partial charge in [-0.2, -0.15) is 0 Å². The van der Waals surface area contributed by atoms with Crippen LogP contribution in [0.2, 0.25) is 0 Å². The molecule has 3 N–H and O–H groups in total. The number of nitrogens with one attached hydrogen (secondary N) is 2. The fourth-order valence-corrected chi connectivity index (χ4v) is 3.57. The van der Waals surface area contributed by atoms with Gasteiger partial charge in [0.15, 0.2) is 5.96 Å². The van der Waals surface area contributed by atoms with E-state index in [1.807, 2.05) is 0 Å². The number of anilines is 1. The van der Waals surface area contributed by atoms with Crippen molar-refractivity contribution < 1.29 is 19.4 Å². The zero-order valence-electron chi connectivity index (χ0n) is 19.8. The lowest BCUT2D eigenvalue weighted by molar-refractivity contribution is -0.122. The number of benzene rings is 2. The number of carboxylic acid groups (broad SMARTS) is 1. The number of nitrogens with zero attached hydrogens (tertiary/aromatic N) is 3. The van der Waals surface area contributed by atoms with Gasteiger partial charge in [0, 0.05) is 45.5 Å². The first kappa shape index (κ1) is 25.2. The van der Waals surface area contributed by atoms with Crippen LogP contribution in [0.15, 0.2) is 53.5 Å². The number of guanidine groups is 1. The predicted octanol–water partition coefficient (Wildman–Crippen LogP) is 2.04. The Morgan fingerprint density at radius 2 is 1.71 bits per heavy atom. The van der Waals surface area contributed by atoms with Crippen LogP contribution in [0.25, 0.3) is 0 Å². The lowest BCUT2D eigenvalue weighted by atomic mass is 10.1. The maximum atomic E-state index is 12.1. The van der Waals surface area contributed by atoms with E-state index in [0.717, 1.165) is 43.4 Å². The second-order valence-electron chi connectivity index (χ2n) is 8.24. The van der Waals surface area contributed by atoms with Crippen molar-refractivity contribution in [1.29, 1.82) is 0 Å². The van der Waals surface area contributed by atoms with Crippen LogP contribution in [0.4, 0.5) is 5.69 Å². The van der Waals surface area contributed by atoms with Crippen molar-refractivity contribution in [2.75, 3.05) is 58.3 Å². The zero-order chi connectivity index (χ0) is 24.3. The Labute approximate surface area is 200 Å². The van der Waals surface area contributed by atoms with Gasteiger partial charge in [0.05, 0.1) is 25.3 Å². The molecule has 3 rings (SSSR count). The molecule has 1 amide bonds. The Hall–Kier alpha value is -3.43. The van der Waals surface area contributed by atoms with Crippen LogP contribution in [0.5, 0.6) is 0 Å². The molecule has 0 bridgehead atoms. The highest BCUT2D eigenvalue weighted by Gasteiger charge is 2.21. The number of carboxylic acids is 1. The van der Waals surface area contributed by atoms with Gasteiger partial charge in [-0.05, 0) is 36.8 Å². The molecule has 1 heterocycles. The largest absolute Gasteiger partial charge is 0.478 e. The van der Waals surface area contributed by atoms with Crippen molar-refractivity contribution in [2.24, 2.45) is 4.99 Å². The quantitative estimate of drug-likeness (QED) is 0.294. The number of hydrogen-bond acceptors (Lipinski definition) is 5. The molecule has 0 unspecified atom stereocenters. The van der Waals surface area contributed by atoms with E-state index in [2.05, 4.69) is 51.6 Å². The van der Waals surface area contributed by atoms with E-state index in [-0.39, 0.29) is 11.5 Å². The van der Waals surface area contributed by atoms with Gasteiger partial charge in [-0.15, -0.1) is 0 Å². The summed E-state index contributed by atoms with van der Waals surface area (Å²) in [6, 6.07) is 14.9. The Kier molecular flexibility index (Phi) is 9.42. The summed E-state index contributed by atoms with van der Waals surface area (Å²) in [6.45, 7) is 6.86. The summed E-state index contributed by atoms with van der Waals surface area (Å²) in [7, 11) is 1.61. The minimum absolute atomic E-state index is 0.00425. The van der Waals surface area contributed by atoms with Gasteiger partial charge in [-0.3, -0.25) is 9.69 Å². The third kappa shape index (κ3) is 7.86. The molecule has 0 atom stereocenters. The average Bonchev–Trinajstić information content (AvgIpc) is 2.84. The van der Waals surface area contributed by atoms with E-state index in [4.69, 9.17) is 14.8 Å². The lowest BCUT2D eigenvalue weighted by Crippen LogP contribution is -2.52. The van der Waals surface area contributed by atoms with Crippen molar-refractivity contribution in [3.8, 4) is 0 Å². The number of aryl methyl sites for hydroxylation is 1. The third-order valence-electron chi connectivity index (χ3n) is 5.59. The molecule has 0 spiro atoms. The first-order valence-corrected chi connectivity index (χ1v) is 11.4. The highest BCUT2D eigenvalue weighted by atomic mass is 16.5. The fraction of sp³-hybridized carbons (Fsp3) is 0.400. The van der Waals surface area contributed by atoms with Crippen molar-refractivity contribution in [3.05, 3.63) is 65.2 Å². The van der Waals surface area contributed by atoms with Crippen LogP contribution in [0.1, 0.15) is 21.5 Å². The Bertz CT molecular complexity index is 968. The molecule has 34 heavy (non-hydrogen) atoms. The smallest absolute Gasteiger partial charge is 0.335 e. The number of carbonyl (C=O) groups is 2. The third-order valence-corrected chi connectivity index (χ3v) is 5.59. The second-order valence-corrected chi connectivity index (χ2v) is 8.24. The van der Waals surface area contributed by atoms with Gasteiger partial charge in [0.25, 0.3) is 0 Å². The molecule has 0 saturated carbocycles. The van der Waals surface area contributed by atoms with Gasteiger partial charge in [-0.1, -0.05) is 29.8 Å². The number of methoxy groups -OCH3 is 1. The molecule has 1 aliphatic heterocycles. The zero-order valence-corrected chi connectivity index (χ0v) is 19.8. The van der Waals surface area contributed by atoms with Crippen LogP contribution in [0.3, 0.4) is 0 Å². The molecule has 1 fully saturated rings. The first-order chi connectivity index (χ1) is 16.4. The topological polar surface area (TPSA) is 107 Å². The summed E-state index contributed by atoms with van der Waals surface area (Å²) < 4.78 is 4.97. The molecule has 9 heteroatoms. The molecule has 0 aromatic heterocycles. The minimum Gasteiger partial charge on any atom is -0.478 e. The maximum absolute atomic E-state index is 12.1. The lowest BCUT2D eigenvalue weighted by Gasteiger charge is -2.36. The predicted molar refractivity (Wildman–Crippen MR) is 132 cm³/mol. The molecule has 1 aliphatic rings. The minimum atomic E-state index is -0.956. The van der Waals surface area contributed by atoms with Gasteiger partial charge in [-0.25, -0.2) is 9.79 Å². The maximum Gasteiger partial charge on any atom is 0.335 e. The van der Waals surface area contributed by atoms with E-state index < -0.39 is 5.97 Å². The Morgan fingerprint density at radius 3 is 2.32 bits per heavy atom. The van der Waals surface area contributed by atoms with Crippen molar-refractivity contribution in [2.45, 2.75) is 13.5 Å². The number of aliphatic imine (C=N–C) groups is 1. The second kappa shape index (κ2) is 12.7. The Balaban J connectivity index is 1.64. The molecule has 182 valence electrons. The summed E-state index contributed by atoms with van der Waals surface area (Å²) >= 11 is 0. The van der Waals surface area contributed by atoms with Crippen LogP contribution >= 0.6 is 0 Å². The van der Waals surface area contributed by atoms with Gasteiger partial charge in [0.1, 0.15) is 0 Å². The molecule has 2 aromatic rings. The number of rotatable bonds is 9. The van der Waals surface area contributed by atoms with E-state index in [1.54, 1.807) is 31.4 Å². The van der Waals surface area contributed by atoms with E-state index in [0.29, 0.717) is 26.2 Å².